The maximum Gasteiger partial charge on any atom is 0.237 e. The highest BCUT2D eigenvalue weighted by Crippen LogP contribution is 2.30. The fourth-order valence-electron chi connectivity index (χ4n) is 4.39. The Hall–Kier alpha value is -0.710. The Labute approximate surface area is 178 Å². The molecule has 4 N–H and O–H groups in total. The maximum absolute atomic E-state index is 13.1. The molecule has 2 aliphatic rings. The number of amides is 1. The number of hydrogen-bond donors (Lipinski definition) is 4. The van der Waals surface area contributed by atoms with Gasteiger partial charge in [-0.25, -0.2) is 0 Å². The summed E-state index contributed by atoms with van der Waals surface area (Å²) in [5.74, 6) is 0.373. The van der Waals surface area contributed by atoms with E-state index in [4.69, 9.17) is 4.74 Å². The number of aliphatic hydroxyl groups excluding tert-OH is 3. The van der Waals surface area contributed by atoms with Gasteiger partial charge < -0.3 is 25.4 Å². The normalized spacial score (nSPS) is 37.5. The molecule has 0 aromatic heterocycles. The second-order valence-electron chi connectivity index (χ2n) is 8.12. The zero-order valence-electron chi connectivity index (χ0n) is 18.1. The molecule has 9 heteroatoms. The first-order valence-electron chi connectivity index (χ1n) is 10.5. The second-order valence-corrected chi connectivity index (χ2v) is 9.06. The van der Waals surface area contributed by atoms with E-state index in [0.717, 1.165) is 25.8 Å². The van der Waals surface area contributed by atoms with Gasteiger partial charge in [0, 0.05) is 18.8 Å². The molecule has 0 radical (unpaired) electrons. The summed E-state index contributed by atoms with van der Waals surface area (Å²) in [6, 6.07) is -0.927. The first-order valence-corrected chi connectivity index (χ1v) is 11.8. The van der Waals surface area contributed by atoms with Crippen LogP contribution in [0.15, 0.2) is 4.99 Å². The van der Waals surface area contributed by atoms with E-state index >= 15 is 0 Å². The molecule has 2 aliphatic heterocycles. The molecule has 2 saturated heterocycles. The minimum atomic E-state index is -1.36. The van der Waals surface area contributed by atoms with Crippen molar-refractivity contribution in [2.45, 2.75) is 82.0 Å². The summed E-state index contributed by atoms with van der Waals surface area (Å²) in [5.41, 5.74) is -0.0746. The van der Waals surface area contributed by atoms with E-state index < -0.39 is 35.9 Å². The first kappa shape index (κ1) is 24.6. The molecular weight excluding hydrogens is 394 g/mol. The number of rotatable bonds is 8. The number of aliphatic hydroxyl groups is 3. The van der Waals surface area contributed by atoms with Crippen LogP contribution in [0.4, 0.5) is 0 Å². The van der Waals surface area contributed by atoms with Crippen LogP contribution >= 0.6 is 11.8 Å². The lowest BCUT2D eigenvalue weighted by molar-refractivity contribution is -0.200. The van der Waals surface area contributed by atoms with Crippen LogP contribution in [-0.4, -0.2) is 100 Å². The Kier molecular flexibility index (Phi) is 9.37. The van der Waals surface area contributed by atoms with Gasteiger partial charge in [0.1, 0.15) is 29.9 Å². The Bertz CT molecular complexity index is 576. The van der Waals surface area contributed by atoms with Crippen molar-refractivity contribution >= 4 is 23.4 Å². The predicted molar refractivity (Wildman–Crippen MR) is 115 cm³/mol. The SMILES string of the molecule is CCC[C@@H]1C[C@@H](C(=O)N[C@H](C(C)=NCC)[C@H]2O[C@H](SC)[C@H](O)[C@@H](O)[C@H]2O)N(C)C1. The molecule has 8 nitrogen and oxygen atoms in total. The third-order valence-electron chi connectivity index (χ3n) is 5.96. The Morgan fingerprint density at radius 1 is 1.28 bits per heavy atom. The zero-order valence-corrected chi connectivity index (χ0v) is 18.9. The molecule has 2 heterocycles. The molecule has 0 aromatic carbocycles. The first-order chi connectivity index (χ1) is 13.7. The summed E-state index contributed by atoms with van der Waals surface area (Å²) in [4.78, 5) is 19.6. The summed E-state index contributed by atoms with van der Waals surface area (Å²) in [6.45, 7) is 7.25. The maximum atomic E-state index is 13.1. The summed E-state index contributed by atoms with van der Waals surface area (Å²) in [6.07, 6.45) is -0.0472. The van der Waals surface area contributed by atoms with E-state index in [0.29, 0.717) is 18.2 Å². The lowest BCUT2D eigenvalue weighted by atomic mass is 9.92. The van der Waals surface area contributed by atoms with Crippen molar-refractivity contribution in [2.24, 2.45) is 10.9 Å². The molecule has 0 unspecified atom stereocenters. The van der Waals surface area contributed by atoms with Gasteiger partial charge in [-0.1, -0.05) is 13.3 Å². The number of likely N-dealkylation sites (tertiary alicyclic amines) is 1. The minimum Gasteiger partial charge on any atom is -0.387 e. The number of likely N-dealkylation sites (N-methyl/N-ethyl adjacent to an activating group) is 1. The summed E-state index contributed by atoms with van der Waals surface area (Å²) in [7, 11) is 1.96. The highest BCUT2D eigenvalue weighted by Gasteiger charge is 2.48. The van der Waals surface area contributed by atoms with Crippen molar-refractivity contribution in [3.63, 3.8) is 0 Å². The van der Waals surface area contributed by atoms with Gasteiger partial charge in [0.2, 0.25) is 5.91 Å². The highest BCUT2D eigenvalue weighted by atomic mass is 32.2. The number of nitrogens with one attached hydrogen (secondary N) is 1. The topological polar surface area (TPSA) is 115 Å². The van der Waals surface area contributed by atoms with Crippen LogP contribution in [-0.2, 0) is 9.53 Å². The molecule has 0 spiro atoms. The van der Waals surface area contributed by atoms with Crippen LogP contribution in [0.5, 0.6) is 0 Å². The molecule has 0 aromatic rings. The van der Waals surface area contributed by atoms with Crippen molar-refractivity contribution in [2.75, 3.05) is 26.4 Å². The number of carbonyl (C=O) groups excluding carboxylic acids is 1. The highest BCUT2D eigenvalue weighted by molar-refractivity contribution is 7.99. The van der Waals surface area contributed by atoms with Gasteiger partial charge in [0.25, 0.3) is 0 Å². The summed E-state index contributed by atoms with van der Waals surface area (Å²) in [5, 5.41) is 34.1. The van der Waals surface area contributed by atoms with Gasteiger partial charge in [-0.15, -0.1) is 11.8 Å². The van der Waals surface area contributed by atoms with Crippen molar-refractivity contribution in [1.29, 1.82) is 0 Å². The molecule has 0 saturated carbocycles. The van der Waals surface area contributed by atoms with Crippen LogP contribution < -0.4 is 5.32 Å². The number of ether oxygens (including phenoxy) is 1. The van der Waals surface area contributed by atoms with Gasteiger partial charge in [-0.2, -0.15) is 0 Å². The largest absolute Gasteiger partial charge is 0.387 e. The third-order valence-corrected chi connectivity index (χ3v) is 6.81. The van der Waals surface area contributed by atoms with E-state index in [1.54, 1.807) is 13.2 Å². The number of thioether (sulfide) groups is 1. The monoisotopic (exact) mass is 431 g/mol. The quantitative estimate of drug-likeness (QED) is 0.407. The van der Waals surface area contributed by atoms with Gasteiger partial charge in [0.05, 0.1) is 12.1 Å². The fourth-order valence-corrected chi connectivity index (χ4v) is 5.07. The fraction of sp³-hybridized carbons (Fsp3) is 0.900. The molecule has 29 heavy (non-hydrogen) atoms. The van der Waals surface area contributed by atoms with E-state index in [1.165, 1.54) is 11.8 Å². The lowest BCUT2D eigenvalue weighted by Gasteiger charge is -2.43. The second kappa shape index (κ2) is 11.1. The van der Waals surface area contributed by atoms with Crippen LogP contribution in [0.2, 0.25) is 0 Å². The zero-order chi connectivity index (χ0) is 21.7. The van der Waals surface area contributed by atoms with Gasteiger partial charge in [0.15, 0.2) is 0 Å². The van der Waals surface area contributed by atoms with E-state index in [2.05, 4.69) is 22.1 Å². The standard InChI is InChI=1S/C20H37N3O5S/c1-6-8-12-9-13(23(4)10-12)19(27)22-14(11(3)21-7-2)18-16(25)15(24)17(26)20(28-18)29-5/h12-18,20,24-26H,6-10H2,1-5H3,(H,22,27)/t12-,13+,14-,15+,16-,17-,18-,20-/m1/s1. The third kappa shape index (κ3) is 5.71. The Morgan fingerprint density at radius 2 is 1.97 bits per heavy atom. The van der Waals surface area contributed by atoms with Crippen LogP contribution in [0.1, 0.15) is 40.0 Å². The van der Waals surface area contributed by atoms with Crippen molar-refractivity contribution in [1.82, 2.24) is 10.2 Å². The number of carbonyl (C=O) groups is 1. The van der Waals surface area contributed by atoms with Crippen molar-refractivity contribution < 1.29 is 24.9 Å². The van der Waals surface area contributed by atoms with Gasteiger partial charge in [-0.3, -0.25) is 14.7 Å². The van der Waals surface area contributed by atoms with Crippen LogP contribution in [0.3, 0.4) is 0 Å². The van der Waals surface area contributed by atoms with Gasteiger partial charge >= 0.3 is 0 Å². The number of aliphatic imine (C=N–C) groups is 1. The predicted octanol–water partition coefficient (Wildman–Crippen LogP) is 0.243. The van der Waals surface area contributed by atoms with Crippen molar-refractivity contribution in [3.05, 3.63) is 0 Å². The Balaban J connectivity index is 2.20. The molecule has 0 bridgehead atoms. The smallest absolute Gasteiger partial charge is 0.237 e. The molecule has 168 valence electrons. The number of nitrogens with zero attached hydrogens (tertiary/aromatic N) is 2. The molecule has 1 amide bonds. The minimum absolute atomic E-state index is 0.126. The van der Waals surface area contributed by atoms with Gasteiger partial charge in [-0.05, 0) is 45.9 Å². The molecule has 8 atom stereocenters. The summed E-state index contributed by atoms with van der Waals surface area (Å²) < 4.78 is 5.90. The average molecular weight is 432 g/mol. The van der Waals surface area contributed by atoms with E-state index in [9.17, 15) is 20.1 Å². The van der Waals surface area contributed by atoms with Crippen LogP contribution in [0, 0.1) is 5.92 Å². The van der Waals surface area contributed by atoms with Crippen LogP contribution in [0.25, 0.3) is 0 Å². The molecular formula is C20H37N3O5S. The molecule has 2 rings (SSSR count). The lowest BCUT2D eigenvalue weighted by Crippen LogP contribution is -2.65. The Morgan fingerprint density at radius 3 is 2.55 bits per heavy atom. The van der Waals surface area contributed by atoms with Crippen molar-refractivity contribution in [3.8, 4) is 0 Å². The molecule has 0 aliphatic carbocycles. The average Bonchev–Trinajstić information content (AvgIpc) is 3.05. The summed E-state index contributed by atoms with van der Waals surface area (Å²) >= 11 is 1.25. The number of hydrogen-bond acceptors (Lipinski definition) is 8. The van der Waals surface area contributed by atoms with E-state index in [1.807, 2.05) is 14.0 Å². The van der Waals surface area contributed by atoms with E-state index in [-0.39, 0.29) is 11.9 Å². The molecule has 2 fully saturated rings.